The highest BCUT2D eigenvalue weighted by Crippen LogP contribution is 2.23. The van der Waals surface area contributed by atoms with Crippen LogP contribution in [0.1, 0.15) is 30.5 Å². The van der Waals surface area contributed by atoms with E-state index >= 15 is 0 Å². The number of amides is 2. The van der Waals surface area contributed by atoms with E-state index in [-0.39, 0.29) is 30.3 Å². The van der Waals surface area contributed by atoms with Crippen LogP contribution in [0.2, 0.25) is 0 Å². The zero-order valence-electron chi connectivity index (χ0n) is 14.6. The van der Waals surface area contributed by atoms with Crippen molar-refractivity contribution in [2.45, 2.75) is 25.8 Å². The monoisotopic (exact) mass is 356 g/mol. The summed E-state index contributed by atoms with van der Waals surface area (Å²) in [6.45, 7) is 2.78. The highest BCUT2D eigenvalue weighted by atomic mass is 19.1. The quantitative estimate of drug-likeness (QED) is 0.860. The van der Waals surface area contributed by atoms with Crippen LogP contribution in [0.25, 0.3) is 0 Å². The smallest absolute Gasteiger partial charge is 0.414 e. The molecule has 2 aromatic rings. The van der Waals surface area contributed by atoms with Crippen molar-refractivity contribution in [2.75, 3.05) is 18.1 Å². The number of halogens is 1. The second-order valence-corrected chi connectivity index (χ2v) is 6.24. The fraction of sp³-hybridized carbons (Fsp3) is 0.300. The Balaban J connectivity index is 1.59. The molecule has 26 heavy (non-hydrogen) atoms. The van der Waals surface area contributed by atoms with Gasteiger partial charge in [-0.15, -0.1) is 0 Å². The first-order valence-corrected chi connectivity index (χ1v) is 8.61. The highest BCUT2D eigenvalue weighted by Gasteiger charge is 2.24. The lowest BCUT2D eigenvalue weighted by Gasteiger charge is -2.18. The topological polar surface area (TPSA) is 58.6 Å². The number of nitrogens with one attached hydrogen (secondary N) is 1. The second kappa shape index (κ2) is 7.99. The molecular weight excluding hydrogens is 335 g/mol. The third-order valence-corrected chi connectivity index (χ3v) is 4.40. The van der Waals surface area contributed by atoms with E-state index in [1.807, 2.05) is 31.2 Å². The van der Waals surface area contributed by atoms with Crippen molar-refractivity contribution in [1.82, 2.24) is 5.32 Å². The Bertz CT molecular complexity index is 809. The first-order valence-electron chi connectivity index (χ1n) is 8.61. The van der Waals surface area contributed by atoms with E-state index in [0.29, 0.717) is 25.1 Å². The second-order valence-electron chi connectivity index (χ2n) is 6.24. The SMILES string of the molecule is CC(NC(=O)CCc1ccccc1F)c1cccc(N2CCOC2=O)c1. The van der Waals surface area contributed by atoms with Gasteiger partial charge in [0, 0.05) is 12.1 Å². The molecule has 3 rings (SSSR count). The number of carbonyl (C=O) groups excluding carboxylic acids is 2. The zero-order chi connectivity index (χ0) is 18.5. The van der Waals surface area contributed by atoms with Gasteiger partial charge in [-0.2, -0.15) is 0 Å². The van der Waals surface area contributed by atoms with Gasteiger partial charge in [0.05, 0.1) is 12.6 Å². The van der Waals surface area contributed by atoms with Crippen LogP contribution in [0.4, 0.5) is 14.9 Å². The van der Waals surface area contributed by atoms with Crippen LogP contribution in [0.15, 0.2) is 48.5 Å². The van der Waals surface area contributed by atoms with Gasteiger partial charge in [0.25, 0.3) is 0 Å². The summed E-state index contributed by atoms with van der Waals surface area (Å²) in [6, 6.07) is 13.7. The van der Waals surface area contributed by atoms with Crippen molar-refractivity contribution < 1.29 is 18.7 Å². The van der Waals surface area contributed by atoms with Gasteiger partial charge in [0.1, 0.15) is 12.4 Å². The maximum absolute atomic E-state index is 13.6. The van der Waals surface area contributed by atoms with E-state index in [1.54, 1.807) is 23.1 Å². The molecule has 1 aliphatic rings. The van der Waals surface area contributed by atoms with Gasteiger partial charge < -0.3 is 10.1 Å². The number of ether oxygens (including phenoxy) is 1. The molecule has 0 aliphatic carbocycles. The van der Waals surface area contributed by atoms with Gasteiger partial charge in [-0.1, -0.05) is 30.3 Å². The molecule has 0 saturated carbocycles. The Kier molecular flexibility index (Phi) is 5.51. The van der Waals surface area contributed by atoms with Crippen molar-refractivity contribution in [1.29, 1.82) is 0 Å². The molecule has 1 heterocycles. The summed E-state index contributed by atoms with van der Waals surface area (Å²) in [6.07, 6.45) is 0.206. The van der Waals surface area contributed by atoms with E-state index < -0.39 is 0 Å². The number of cyclic esters (lactones) is 1. The fourth-order valence-electron chi connectivity index (χ4n) is 2.94. The third kappa shape index (κ3) is 4.20. The summed E-state index contributed by atoms with van der Waals surface area (Å²) >= 11 is 0. The summed E-state index contributed by atoms with van der Waals surface area (Å²) in [5.74, 6) is -0.440. The summed E-state index contributed by atoms with van der Waals surface area (Å²) in [7, 11) is 0. The normalized spacial score (nSPS) is 14.8. The Morgan fingerprint density at radius 1 is 1.27 bits per heavy atom. The molecule has 1 atom stereocenters. The maximum Gasteiger partial charge on any atom is 0.414 e. The third-order valence-electron chi connectivity index (χ3n) is 4.40. The molecular formula is C20H21FN2O3. The molecule has 1 saturated heterocycles. The molecule has 1 fully saturated rings. The average molecular weight is 356 g/mol. The van der Waals surface area contributed by atoms with Crippen LogP contribution >= 0.6 is 0 Å². The highest BCUT2D eigenvalue weighted by molar-refractivity contribution is 5.89. The molecule has 6 heteroatoms. The minimum absolute atomic E-state index is 0.147. The van der Waals surface area contributed by atoms with Crippen molar-refractivity contribution in [3.63, 3.8) is 0 Å². The number of hydrogen-bond acceptors (Lipinski definition) is 3. The van der Waals surface area contributed by atoms with Crippen molar-refractivity contribution in [2.24, 2.45) is 0 Å². The van der Waals surface area contributed by atoms with Crippen LogP contribution in [0.3, 0.4) is 0 Å². The van der Waals surface area contributed by atoms with Crippen LogP contribution in [-0.4, -0.2) is 25.2 Å². The van der Waals surface area contributed by atoms with Crippen LogP contribution in [0, 0.1) is 5.82 Å². The molecule has 1 unspecified atom stereocenters. The molecule has 2 aromatic carbocycles. The van der Waals surface area contributed by atoms with Crippen molar-refractivity contribution in [3.05, 3.63) is 65.5 Å². The number of benzene rings is 2. The number of rotatable bonds is 6. The fourth-order valence-corrected chi connectivity index (χ4v) is 2.94. The average Bonchev–Trinajstić information content (AvgIpc) is 3.07. The predicted molar refractivity (Wildman–Crippen MR) is 96.4 cm³/mol. The van der Waals surface area contributed by atoms with Gasteiger partial charge in [-0.05, 0) is 42.7 Å². The molecule has 0 radical (unpaired) electrons. The Morgan fingerprint density at radius 3 is 2.81 bits per heavy atom. The molecule has 2 amide bonds. The van der Waals surface area contributed by atoms with Crippen molar-refractivity contribution >= 4 is 17.7 Å². The van der Waals surface area contributed by atoms with E-state index in [4.69, 9.17) is 4.74 Å². The molecule has 0 spiro atoms. The zero-order valence-corrected chi connectivity index (χ0v) is 14.6. The molecule has 0 bridgehead atoms. The van der Waals surface area contributed by atoms with Gasteiger partial charge in [0.2, 0.25) is 5.91 Å². The van der Waals surface area contributed by atoms with Crippen LogP contribution in [0.5, 0.6) is 0 Å². The Hall–Kier alpha value is -2.89. The molecule has 0 aromatic heterocycles. The number of aryl methyl sites for hydroxylation is 1. The summed E-state index contributed by atoms with van der Waals surface area (Å²) in [4.78, 5) is 25.4. The van der Waals surface area contributed by atoms with Gasteiger partial charge in [-0.3, -0.25) is 9.69 Å². The predicted octanol–water partition coefficient (Wildman–Crippen LogP) is 3.59. The lowest BCUT2D eigenvalue weighted by molar-refractivity contribution is -0.121. The van der Waals surface area contributed by atoms with E-state index in [2.05, 4.69) is 5.32 Å². The van der Waals surface area contributed by atoms with Crippen molar-refractivity contribution in [3.8, 4) is 0 Å². The number of anilines is 1. The first kappa shape index (κ1) is 17.9. The van der Waals surface area contributed by atoms with Crippen LogP contribution in [-0.2, 0) is 16.0 Å². The maximum atomic E-state index is 13.6. The van der Waals surface area contributed by atoms with Crippen LogP contribution < -0.4 is 10.2 Å². The number of carbonyl (C=O) groups is 2. The van der Waals surface area contributed by atoms with E-state index in [1.165, 1.54) is 6.07 Å². The number of hydrogen-bond donors (Lipinski definition) is 1. The Morgan fingerprint density at radius 2 is 2.08 bits per heavy atom. The summed E-state index contributed by atoms with van der Waals surface area (Å²) < 4.78 is 18.6. The van der Waals surface area contributed by atoms with E-state index in [9.17, 15) is 14.0 Å². The lowest BCUT2D eigenvalue weighted by Crippen LogP contribution is -2.27. The van der Waals surface area contributed by atoms with Gasteiger partial charge in [0.15, 0.2) is 0 Å². The van der Waals surface area contributed by atoms with Gasteiger partial charge in [-0.25, -0.2) is 9.18 Å². The molecule has 5 nitrogen and oxygen atoms in total. The number of nitrogens with zero attached hydrogens (tertiary/aromatic N) is 1. The van der Waals surface area contributed by atoms with Gasteiger partial charge >= 0.3 is 6.09 Å². The minimum atomic E-state index is -0.358. The molecule has 136 valence electrons. The first-order chi connectivity index (χ1) is 12.5. The summed E-state index contributed by atoms with van der Waals surface area (Å²) in [5.41, 5.74) is 2.17. The molecule has 1 N–H and O–H groups in total. The largest absolute Gasteiger partial charge is 0.447 e. The summed E-state index contributed by atoms with van der Waals surface area (Å²) in [5, 5.41) is 2.92. The minimum Gasteiger partial charge on any atom is -0.447 e. The molecule has 1 aliphatic heterocycles. The van der Waals surface area contributed by atoms with E-state index in [0.717, 1.165) is 11.3 Å². The lowest BCUT2D eigenvalue weighted by atomic mass is 10.1. The standard InChI is InChI=1S/C20H21FN2O3/c1-14(22-19(24)10-9-15-5-2-3-8-18(15)21)16-6-4-7-17(13-16)23-11-12-26-20(23)25/h2-8,13-14H,9-12H2,1H3,(H,22,24). The Labute approximate surface area is 151 Å².